The van der Waals surface area contributed by atoms with Crippen molar-refractivity contribution in [1.29, 1.82) is 0 Å². The fourth-order valence-electron chi connectivity index (χ4n) is 3.18. The Morgan fingerprint density at radius 3 is 2.74 bits per heavy atom. The maximum atomic E-state index is 6.03. The second-order valence-corrected chi connectivity index (χ2v) is 6.80. The van der Waals surface area contributed by atoms with Crippen LogP contribution in [0.1, 0.15) is 45.6 Å². The maximum Gasteiger partial charge on any atom is 0.0408 e. The number of rotatable bonds is 4. The second kappa shape index (κ2) is 6.76. The molecule has 1 saturated carbocycles. The largest absolute Gasteiger partial charge is 0.311 e. The molecule has 0 spiro atoms. The van der Waals surface area contributed by atoms with Crippen molar-refractivity contribution in [3.63, 3.8) is 0 Å². The monoisotopic (exact) mass is 279 g/mol. The van der Waals surface area contributed by atoms with E-state index < -0.39 is 0 Å². The van der Waals surface area contributed by atoms with Crippen molar-refractivity contribution in [2.45, 2.75) is 58.5 Å². The van der Waals surface area contributed by atoms with Gasteiger partial charge in [0.2, 0.25) is 0 Å². The van der Waals surface area contributed by atoms with Crippen LogP contribution in [0.2, 0.25) is 5.02 Å². The standard InChI is InChI=1S/C17H26ClN/c1-12-7-8-17(9-13(12)2)19-14(3)10-15-5-4-6-16(18)11-15/h4-6,11-14,17,19H,7-10H2,1-3H3. The third-order valence-corrected chi connectivity index (χ3v) is 4.78. The summed E-state index contributed by atoms with van der Waals surface area (Å²) in [4.78, 5) is 0. The lowest BCUT2D eigenvalue weighted by Gasteiger charge is -2.34. The minimum atomic E-state index is 0.518. The highest BCUT2D eigenvalue weighted by atomic mass is 35.5. The van der Waals surface area contributed by atoms with E-state index >= 15 is 0 Å². The van der Waals surface area contributed by atoms with Crippen LogP contribution in [0, 0.1) is 11.8 Å². The molecule has 1 fully saturated rings. The van der Waals surface area contributed by atoms with E-state index in [0.29, 0.717) is 12.1 Å². The van der Waals surface area contributed by atoms with Gasteiger partial charge in [0, 0.05) is 17.1 Å². The number of benzene rings is 1. The van der Waals surface area contributed by atoms with Crippen molar-refractivity contribution in [2.24, 2.45) is 11.8 Å². The summed E-state index contributed by atoms with van der Waals surface area (Å²) in [7, 11) is 0. The van der Waals surface area contributed by atoms with Crippen LogP contribution in [0.4, 0.5) is 0 Å². The van der Waals surface area contributed by atoms with Crippen LogP contribution in [0.25, 0.3) is 0 Å². The molecule has 0 aromatic heterocycles. The summed E-state index contributed by atoms with van der Waals surface area (Å²) in [6.07, 6.45) is 5.07. The Morgan fingerprint density at radius 1 is 1.26 bits per heavy atom. The summed E-state index contributed by atoms with van der Waals surface area (Å²) in [5.74, 6) is 1.74. The molecule has 1 N–H and O–H groups in total. The van der Waals surface area contributed by atoms with E-state index in [2.05, 4.69) is 38.2 Å². The maximum absolute atomic E-state index is 6.03. The molecule has 1 aliphatic carbocycles. The van der Waals surface area contributed by atoms with Gasteiger partial charge in [0.1, 0.15) is 0 Å². The van der Waals surface area contributed by atoms with E-state index in [4.69, 9.17) is 11.6 Å². The molecular formula is C17H26ClN. The number of hydrogen-bond acceptors (Lipinski definition) is 1. The lowest BCUT2D eigenvalue weighted by molar-refractivity contribution is 0.217. The lowest BCUT2D eigenvalue weighted by atomic mass is 9.79. The third kappa shape index (κ3) is 4.50. The molecule has 19 heavy (non-hydrogen) atoms. The molecule has 0 bridgehead atoms. The second-order valence-electron chi connectivity index (χ2n) is 6.37. The van der Waals surface area contributed by atoms with E-state index in [1.807, 2.05) is 12.1 Å². The van der Waals surface area contributed by atoms with Crippen LogP contribution in [0.15, 0.2) is 24.3 Å². The van der Waals surface area contributed by atoms with Crippen LogP contribution >= 0.6 is 11.6 Å². The van der Waals surface area contributed by atoms with Crippen LogP contribution in [-0.4, -0.2) is 12.1 Å². The SMILES string of the molecule is CC(Cc1cccc(Cl)c1)NC1CCC(C)C(C)C1. The van der Waals surface area contributed by atoms with Gasteiger partial charge in [-0.1, -0.05) is 37.6 Å². The number of halogens is 1. The molecule has 2 rings (SSSR count). The van der Waals surface area contributed by atoms with E-state index in [-0.39, 0.29) is 0 Å². The zero-order valence-corrected chi connectivity index (χ0v) is 13.1. The van der Waals surface area contributed by atoms with Crippen LogP contribution in [0.3, 0.4) is 0 Å². The van der Waals surface area contributed by atoms with Crippen molar-refractivity contribution < 1.29 is 0 Å². The molecule has 106 valence electrons. The Kier molecular flexibility index (Phi) is 5.29. The van der Waals surface area contributed by atoms with Crippen molar-refractivity contribution in [3.8, 4) is 0 Å². The summed E-state index contributed by atoms with van der Waals surface area (Å²) < 4.78 is 0. The average molecular weight is 280 g/mol. The highest BCUT2D eigenvalue weighted by Gasteiger charge is 2.25. The molecule has 0 saturated heterocycles. The summed E-state index contributed by atoms with van der Waals surface area (Å²) in [5, 5.41) is 4.63. The molecule has 0 aliphatic heterocycles. The lowest BCUT2D eigenvalue weighted by Crippen LogP contribution is -2.41. The van der Waals surface area contributed by atoms with Crippen LogP contribution in [0.5, 0.6) is 0 Å². The predicted molar refractivity (Wildman–Crippen MR) is 83.7 cm³/mol. The van der Waals surface area contributed by atoms with Crippen molar-refractivity contribution >= 4 is 11.6 Å². The van der Waals surface area contributed by atoms with Gasteiger partial charge in [0.05, 0.1) is 0 Å². The van der Waals surface area contributed by atoms with Gasteiger partial charge in [0.15, 0.2) is 0 Å². The van der Waals surface area contributed by atoms with Gasteiger partial charge in [0.25, 0.3) is 0 Å². The van der Waals surface area contributed by atoms with Gasteiger partial charge in [-0.3, -0.25) is 0 Å². The average Bonchev–Trinajstić information content (AvgIpc) is 2.34. The first-order valence-corrected chi connectivity index (χ1v) is 7.93. The Morgan fingerprint density at radius 2 is 2.05 bits per heavy atom. The van der Waals surface area contributed by atoms with Crippen LogP contribution < -0.4 is 5.32 Å². The zero-order chi connectivity index (χ0) is 13.8. The number of hydrogen-bond donors (Lipinski definition) is 1. The van der Waals surface area contributed by atoms with Crippen LogP contribution in [-0.2, 0) is 6.42 Å². The Bertz CT molecular complexity index is 404. The van der Waals surface area contributed by atoms with Gasteiger partial charge in [-0.15, -0.1) is 0 Å². The first kappa shape index (κ1) is 14.9. The normalized spacial score (nSPS) is 29.2. The molecule has 1 nitrogen and oxygen atoms in total. The molecule has 4 unspecified atom stereocenters. The summed E-state index contributed by atoms with van der Waals surface area (Å²) in [6.45, 7) is 7.06. The van der Waals surface area contributed by atoms with E-state index in [9.17, 15) is 0 Å². The minimum Gasteiger partial charge on any atom is -0.311 e. The first-order valence-electron chi connectivity index (χ1n) is 7.55. The fourth-order valence-corrected chi connectivity index (χ4v) is 3.39. The van der Waals surface area contributed by atoms with Gasteiger partial charge in [-0.25, -0.2) is 0 Å². The molecule has 2 heteroatoms. The summed E-state index contributed by atoms with van der Waals surface area (Å²) >= 11 is 6.03. The minimum absolute atomic E-state index is 0.518. The van der Waals surface area contributed by atoms with E-state index in [1.54, 1.807) is 0 Å². The topological polar surface area (TPSA) is 12.0 Å². The van der Waals surface area contributed by atoms with Crippen molar-refractivity contribution in [2.75, 3.05) is 0 Å². The molecule has 0 heterocycles. The molecule has 1 aromatic rings. The molecule has 0 radical (unpaired) electrons. The van der Waals surface area contributed by atoms with Gasteiger partial charge in [-0.05, 0) is 62.1 Å². The first-order chi connectivity index (χ1) is 9.04. The smallest absolute Gasteiger partial charge is 0.0408 e. The van der Waals surface area contributed by atoms with E-state index in [0.717, 1.165) is 23.3 Å². The predicted octanol–water partition coefficient (Wildman–Crippen LogP) is 4.69. The molecule has 1 aliphatic rings. The molecular weight excluding hydrogens is 254 g/mol. The fraction of sp³-hybridized carbons (Fsp3) is 0.647. The Labute approximate surface area is 122 Å². The molecule has 0 amide bonds. The Balaban J connectivity index is 1.83. The van der Waals surface area contributed by atoms with Gasteiger partial charge in [-0.2, -0.15) is 0 Å². The van der Waals surface area contributed by atoms with Crippen molar-refractivity contribution in [3.05, 3.63) is 34.9 Å². The highest BCUT2D eigenvalue weighted by molar-refractivity contribution is 6.30. The van der Waals surface area contributed by atoms with E-state index in [1.165, 1.54) is 24.8 Å². The van der Waals surface area contributed by atoms with Gasteiger partial charge < -0.3 is 5.32 Å². The Hall–Kier alpha value is -0.530. The summed E-state index contributed by atoms with van der Waals surface area (Å²) in [5.41, 5.74) is 1.32. The summed E-state index contributed by atoms with van der Waals surface area (Å²) in [6, 6.07) is 9.42. The van der Waals surface area contributed by atoms with Gasteiger partial charge >= 0.3 is 0 Å². The molecule has 4 atom stereocenters. The zero-order valence-electron chi connectivity index (χ0n) is 12.3. The quantitative estimate of drug-likeness (QED) is 0.843. The molecule has 1 aromatic carbocycles. The third-order valence-electron chi connectivity index (χ3n) is 4.55. The highest BCUT2D eigenvalue weighted by Crippen LogP contribution is 2.29. The number of nitrogens with one attached hydrogen (secondary N) is 1. The van der Waals surface area contributed by atoms with Crippen molar-refractivity contribution in [1.82, 2.24) is 5.32 Å².